The van der Waals surface area contributed by atoms with E-state index in [4.69, 9.17) is 11.6 Å². The van der Waals surface area contributed by atoms with Gasteiger partial charge in [-0.2, -0.15) is 0 Å². The molecule has 0 atom stereocenters. The summed E-state index contributed by atoms with van der Waals surface area (Å²) < 4.78 is 0.897. The van der Waals surface area contributed by atoms with Crippen molar-refractivity contribution in [2.75, 3.05) is 13.6 Å². The van der Waals surface area contributed by atoms with Crippen molar-refractivity contribution in [2.24, 2.45) is 0 Å². The minimum atomic E-state index is 0.737. The molecule has 0 spiro atoms. The molecule has 2 rings (SSSR count). The van der Waals surface area contributed by atoms with Gasteiger partial charge in [0.15, 0.2) is 0 Å². The predicted molar refractivity (Wildman–Crippen MR) is 80.5 cm³/mol. The zero-order valence-corrected chi connectivity index (χ0v) is 12.9. The predicted octanol–water partition coefficient (Wildman–Crippen LogP) is 3.75. The van der Waals surface area contributed by atoms with Gasteiger partial charge in [-0.25, -0.2) is 0 Å². The van der Waals surface area contributed by atoms with E-state index < -0.39 is 0 Å². The fraction of sp³-hybridized carbons (Fsp3) is 0.714. The molecule has 1 aromatic heterocycles. The van der Waals surface area contributed by atoms with Crippen LogP contribution in [0.4, 0.5) is 0 Å². The lowest BCUT2D eigenvalue weighted by molar-refractivity contribution is 0.169. The molecule has 2 nitrogen and oxygen atoms in total. The molecule has 1 N–H and O–H groups in total. The summed E-state index contributed by atoms with van der Waals surface area (Å²) in [6.07, 6.45) is 5.25. The van der Waals surface area contributed by atoms with Crippen molar-refractivity contribution in [3.05, 3.63) is 21.3 Å². The smallest absolute Gasteiger partial charge is 0.0931 e. The molecule has 102 valence electrons. The molecule has 0 radical (unpaired) electrons. The van der Waals surface area contributed by atoms with E-state index in [1.807, 2.05) is 6.07 Å². The van der Waals surface area contributed by atoms with Crippen LogP contribution in [-0.4, -0.2) is 30.6 Å². The van der Waals surface area contributed by atoms with Gasteiger partial charge in [-0.05, 0) is 51.4 Å². The summed E-state index contributed by atoms with van der Waals surface area (Å²) in [5.41, 5.74) is 0. The second kappa shape index (κ2) is 6.90. The first-order chi connectivity index (χ1) is 8.69. The van der Waals surface area contributed by atoms with Gasteiger partial charge in [0.25, 0.3) is 0 Å². The summed E-state index contributed by atoms with van der Waals surface area (Å²) in [5.74, 6) is 0. The van der Waals surface area contributed by atoms with E-state index in [-0.39, 0.29) is 0 Å². The van der Waals surface area contributed by atoms with E-state index in [9.17, 15) is 0 Å². The highest BCUT2D eigenvalue weighted by Gasteiger charge is 2.23. The molecule has 1 fully saturated rings. The first-order valence-electron chi connectivity index (χ1n) is 6.87. The van der Waals surface area contributed by atoms with Crippen molar-refractivity contribution in [1.82, 2.24) is 10.2 Å². The van der Waals surface area contributed by atoms with Gasteiger partial charge in [-0.3, -0.25) is 4.90 Å². The summed E-state index contributed by atoms with van der Waals surface area (Å²) in [6.45, 7) is 4.32. The van der Waals surface area contributed by atoms with Crippen LogP contribution in [-0.2, 0) is 6.54 Å². The van der Waals surface area contributed by atoms with Crippen LogP contribution in [0.3, 0.4) is 0 Å². The Morgan fingerprint density at radius 2 is 2.06 bits per heavy atom. The first-order valence-corrected chi connectivity index (χ1v) is 8.06. The average molecular weight is 287 g/mol. The largest absolute Gasteiger partial charge is 0.314 e. The lowest BCUT2D eigenvalue weighted by atomic mass is 9.90. The Labute approximate surface area is 119 Å². The summed E-state index contributed by atoms with van der Waals surface area (Å²) in [5, 5.41) is 3.56. The third kappa shape index (κ3) is 3.95. The Balaban J connectivity index is 1.78. The van der Waals surface area contributed by atoms with Crippen LogP contribution in [0.2, 0.25) is 4.34 Å². The van der Waals surface area contributed by atoms with Crippen molar-refractivity contribution in [1.29, 1.82) is 0 Å². The lowest BCUT2D eigenvalue weighted by Gasteiger charge is -2.34. The van der Waals surface area contributed by atoms with Crippen molar-refractivity contribution in [3.63, 3.8) is 0 Å². The third-order valence-electron chi connectivity index (χ3n) is 3.85. The maximum absolute atomic E-state index is 5.98. The standard InChI is InChI=1S/C14H23ClN2S/c1-3-16-11-4-6-12(7-5-11)17(2)10-13-8-9-14(15)18-13/h8-9,11-12,16H,3-7,10H2,1-2H3. The lowest BCUT2D eigenvalue weighted by Crippen LogP contribution is -2.40. The maximum Gasteiger partial charge on any atom is 0.0931 e. The molecule has 18 heavy (non-hydrogen) atoms. The Bertz CT molecular complexity index is 358. The van der Waals surface area contributed by atoms with Gasteiger partial charge in [-0.1, -0.05) is 18.5 Å². The molecule has 1 saturated carbocycles. The fourth-order valence-electron chi connectivity index (χ4n) is 2.82. The van der Waals surface area contributed by atoms with Crippen molar-refractivity contribution in [3.8, 4) is 0 Å². The molecule has 0 unspecified atom stereocenters. The summed E-state index contributed by atoms with van der Waals surface area (Å²) in [6, 6.07) is 5.63. The molecule has 1 aliphatic carbocycles. The van der Waals surface area contributed by atoms with Gasteiger partial charge in [0.05, 0.1) is 4.34 Å². The van der Waals surface area contributed by atoms with Crippen molar-refractivity contribution >= 4 is 22.9 Å². The van der Waals surface area contributed by atoms with Crippen LogP contribution in [0.5, 0.6) is 0 Å². The van der Waals surface area contributed by atoms with Gasteiger partial charge in [-0.15, -0.1) is 11.3 Å². The molecule has 0 saturated heterocycles. The molecule has 4 heteroatoms. The van der Waals surface area contributed by atoms with Gasteiger partial charge in [0.1, 0.15) is 0 Å². The van der Waals surface area contributed by atoms with E-state index in [0.29, 0.717) is 0 Å². The second-order valence-corrected chi connectivity index (χ2v) is 6.98. The number of hydrogen-bond donors (Lipinski definition) is 1. The molecule has 0 aliphatic heterocycles. The SMILES string of the molecule is CCNC1CCC(N(C)Cc2ccc(Cl)s2)CC1. The molecular weight excluding hydrogens is 264 g/mol. The Hall–Kier alpha value is -0.0900. The number of nitrogens with one attached hydrogen (secondary N) is 1. The van der Waals surface area contributed by atoms with E-state index >= 15 is 0 Å². The number of halogens is 1. The summed E-state index contributed by atoms with van der Waals surface area (Å²) >= 11 is 7.68. The van der Waals surface area contributed by atoms with E-state index in [1.54, 1.807) is 11.3 Å². The van der Waals surface area contributed by atoms with Crippen LogP contribution in [0, 0.1) is 0 Å². The topological polar surface area (TPSA) is 15.3 Å². The second-order valence-electron chi connectivity index (χ2n) is 5.18. The molecule has 0 aromatic carbocycles. The monoisotopic (exact) mass is 286 g/mol. The number of hydrogen-bond acceptors (Lipinski definition) is 3. The Kier molecular flexibility index (Phi) is 5.49. The highest BCUT2D eigenvalue weighted by molar-refractivity contribution is 7.16. The molecule has 1 aliphatic rings. The van der Waals surface area contributed by atoms with Gasteiger partial charge in [0.2, 0.25) is 0 Å². The minimum absolute atomic E-state index is 0.737. The highest BCUT2D eigenvalue weighted by Crippen LogP contribution is 2.26. The number of rotatable bonds is 5. The van der Waals surface area contributed by atoms with Crippen LogP contribution >= 0.6 is 22.9 Å². The fourth-order valence-corrected chi connectivity index (χ4v) is 3.97. The van der Waals surface area contributed by atoms with Crippen LogP contribution < -0.4 is 5.32 Å². The van der Waals surface area contributed by atoms with Crippen LogP contribution in [0.1, 0.15) is 37.5 Å². The molecule has 0 amide bonds. The van der Waals surface area contributed by atoms with Gasteiger partial charge >= 0.3 is 0 Å². The third-order valence-corrected chi connectivity index (χ3v) is 5.06. The molecule has 1 heterocycles. The maximum atomic E-state index is 5.98. The quantitative estimate of drug-likeness (QED) is 0.887. The molecular formula is C14H23ClN2S. The van der Waals surface area contributed by atoms with E-state index in [1.165, 1.54) is 30.6 Å². The summed E-state index contributed by atoms with van der Waals surface area (Å²) in [7, 11) is 2.24. The van der Waals surface area contributed by atoms with E-state index in [0.717, 1.165) is 29.5 Å². The number of nitrogens with zero attached hydrogens (tertiary/aromatic N) is 1. The van der Waals surface area contributed by atoms with Crippen LogP contribution in [0.25, 0.3) is 0 Å². The Morgan fingerprint density at radius 1 is 1.33 bits per heavy atom. The number of thiophene rings is 1. The van der Waals surface area contributed by atoms with Gasteiger partial charge < -0.3 is 5.32 Å². The van der Waals surface area contributed by atoms with E-state index in [2.05, 4.69) is 30.3 Å². The van der Waals surface area contributed by atoms with Crippen molar-refractivity contribution < 1.29 is 0 Å². The Morgan fingerprint density at radius 3 is 2.61 bits per heavy atom. The molecule has 0 bridgehead atoms. The first kappa shape index (κ1) is 14.3. The zero-order chi connectivity index (χ0) is 13.0. The van der Waals surface area contributed by atoms with Crippen LogP contribution in [0.15, 0.2) is 12.1 Å². The van der Waals surface area contributed by atoms with Gasteiger partial charge in [0, 0.05) is 23.5 Å². The zero-order valence-electron chi connectivity index (χ0n) is 11.3. The highest BCUT2D eigenvalue weighted by atomic mass is 35.5. The van der Waals surface area contributed by atoms with Crippen molar-refractivity contribution in [2.45, 2.75) is 51.2 Å². The molecule has 1 aromatic rings. The average Bonchev–Trinajstić information content (AvgIpc) is 2.76. The summed E-state index contributed by atoms with van der Waals surface area (Å²) in [4.78, 5) is 3.86. The normalized spacial score (nSPS) is 24.7. The minimum Gasteiger partial charge on any atom is -0.314 e.